The molecule has 0 saturated heterocycles. The Hall–Kier alpha value is -1.18. The van der Waals surface area contributed by atoms with E-state index in [0.29, 0.717) is 6.42 Å². The van der Waals surface area contributed by atoms with E-state index in [9.17, 15) is 0 Å². The lowest BCUT2D eigenvalue weighted by atomic mass is 10.1. The highest BCUT2D eigenvalue weighted by Gasteiger charge is 2.23. The van der Waals surface area contributed by atoms with E-state index < -0.39 is 0 Å². The number of halogens is 1. The van der Waals surface area contributed by atoms with Gasteiger partial charge in [-0.2, -0.15) is 5.26 Å². The van der Waals surface area contributed by atoms with E-state index in [1.165, 1.54) is 16.0 Å². The normalized spacial score (nSPS) is 12.0. The Morgan fingerprint density at radius 2 is 2.38 bits per heavy atom. The van der Waals surface area contributed by atoms with E-state index in [1.807, 2.05) is 6.07 Å². The zero-order chi connectivity index (χ0) is 11.1. The first-order valence-corrected chi connectivity index (χ1v) is 6.53. The van der Waals surface area contributed by atoms with Crippen molar-refractivity contribution in [2.75, 3.05) is 0 Å². The van der Waals surface area contributed by atoms with Gasteiger partial charge in [-0.1, -0.05) is 22.0 Å². The van der Waals surface area contributed by atoms with Gasteiger partial charge in [0.05, 0.1) is 18.2 Å². The fraction of sp³-hybridized carbons (Fsp3) is 0.167. The number of aromatic nitrogens is 1. The van der Waals surface area contributed by atoms with Crippen LogP contribution in [0.2, 0.25) is 0 Å². The molecule has 0 amide bonds. The van der Waals surface area contributed by atoms with E-state index in [2.05, 4.69) is 39.1 Å². The van der Waals surface area contributed by atoms with Gasteiger partial charge in [0.25, 0.3) is 0 Å². The highest BCUT2D eigenvalue weighted by Crippen LogP contribution is 2.40. The average molecular weight is 291 g/mol. The molecular weight excluding hydrogens is 284 g/mol. The number of nitriles is 1. The molecule has 1 aliphatic carbocycles. The molecule has 2 nitrogen and oxygen atoms in total. The van der Waals surface area contributed by atoms with Gasteiger partial charge in [0, 0.05) is 21.3 Å². The second kappa shape index (κ2) is 3.69. The quantitative estimate of drug-likeness (QED) is 0.687. The van der Waals surface area contributed by atoms with E-state index >= 15 is 0 Å². The van der Waals surface area contributed by atoms with Crippen molar-refractivity contribution in [3.63, 3.8) is 0 Å². The Balaban J connectivity index is 2.10. The third-order valence-electron chi connectivity index (χ3n) is 2.65. The second-order valence-electron chi connectivity index (χ2n) is 3.69. The van der Waals surface area contributed by atoms with E-state index in [-0.39, 0.29) is 0 Å². The molecule has 1 aromatic carbocycles. The third-order valence-corrected chi connectivity index (χ3v) is 4.19. The summed E-state index contributed by atoms with van der Waals surface area (Å²) in [6.07, 6.45) is 1.37. The van der Waals surface area contributed by atoms with Gasteiger partial charge in [0.2, 0.25) is 0 Å². The maximum atomic E-state index is 8.65. The van der Waals surface area contributed by atoms with Crippen molar-refractivity contribution in [2.45, 2.75) is 12.8 Å². The molecule has 0 radical (unpaired) electrons. The largest absolute Gasteiger partial charge is 0.240 e. The van der Waals surface area contributed by atoms with Crippen LogP contribution >= 0.6 is 27.3 Å². The van der Waals surface area contributed by atoms with E-state index in [4.69, 9.17) is 5.26 Å². The standard InChI is InChI=1S/C12H7BrN2S/c13-8-1-2-9-7(5-8)6-10-12(9)15-11(16-10)3-4-14/h1-2,5H,3,6H2. The first kappa shape index (κ1) is 10.0. The molecule has 1 aliphatic rings. The van der Waals surface area contributed by atoms with Crippen molar-refractivity contribution in [1.29, 1.82) is 5.26 Å². The maximum absolute atomic E-state index is 8.65. The molecular formula is C12H7BrN2S. The predicted octanol–water partition coefficient (Wildman–Crippen LogP) is 3.54. The van der Waals surface area contributed by atoms with Crippen molar-refractivity contribution in [2.24, 2.45) is 0 Å². The van der Waals surface area contributed by atoms with Gasteiger partial charge < -0.3 is 0 Å². The fourth-order valence-electron chi connectivity index (χ4n) is 1.99. The topological polar surface area (TPSA) is 36.7 Å². The number of hydrogen-bond acceptors (Lipinski definition) is 3. The Labute approximate surface area is 106 Å². The number of hydrogen-bond donors (Lipinski definition) is 0. The predicted molar refractivity (Wildman–Crippen MR) is 67.4 cm³/mol. The van der Waals surface area contributed by atoms with Crippen LogP contribution in [0.15, 0.2) is 22.7 Å². The summed E-state index contributed by atoms with van der Waals surface area (Å²) in [5.41, 5.74) is 3.63. The molecule has 4 heteroatoms. The number of benzene rings is 1. The van der Waals surface area contributed by atoms with Gasteiger partial charge in [0.15, 0.2) is 0 Å². The molecule has 2 aromatic rings. The Kier molecular flexibility index (Phi) is 2.31. The molecule has 0 aliphatic heterocycles. The van der Waals surface area contributed by atoms with Gasteiger partial charge in [-0.05, 0) is 17.7 Å². The van der Waals surface area contributed by atoms with Crippen LogP contribution in [-0.2, 0) is 12.8 Å². The van der Waals surface area contributed by atoms with Crippen molar-refractivity contribution >= 4 is 27.3 Å². The zero-order valence-corrected chi connectivity index (χ0v) is 10.7. The van der Waals surface area contributed by atoms with Crippen molar-refractivity contribution < 1.29 is 0 Å². The number of fused-ring (bicyclic) bond motifs is 3. The molecule has 0 unspecified atom stereocenters. The van der Waals surface area contributed by atoms with Crippen molar-refractivity contribution in [3.05, 3.63) is 38.1 Å². The molecule has 3 rings (SSSR count). The average Bonchev–Trinajstić information content (AvgIpc) is 2.74. The minimum absolute atomic E-state index is 0.420. The van der Waals surface area contributed by atoms with Crippen LogP contribution in [0.5, 0.6) is 0 Å². The minimum atomic E-state index is 0.420. The van der Waals surface area contributed by atoms with Crippen LogP contribution in [0.1, 0.15) is 15.4 Å². The van der Waals surface area contributed by atoms with E-state index in [1.54, 1.807) is 11.3 Å². The lowest BCUT2D eigenvalue weighted by Gasteiger charge is -1.99. The van der Waals surface area contributed by atoms with Crippen LogP contribution in [0.4, 0.5) is 0 Å². The molecule has 16 heavy (non-hydrogen) atoms. The number of thiazole rings is 1. The smallest absolute Gasteiger partial charge is 0.108 e. The Morgan fingerprint density at radius 3 is 3.19 bits per heavy atom. The van der Waals surface area contributed by atoms with Crippen LogP contribution < -0.4 is 0 Å². The summed E-state index contributed by atoms with van der Waals surface area (Å²) in [7, 11) is 0. The SMILES string of the molecule is N#CCc1nc2c(s1)Cc1cc(Br)ccc1-2. The second-order valence-corrected chi connectivity index (χ2v) is 5.78. The summed E-state index contributed by atoms with van der Waals surface area (Å²) >= 11 is 5.14. The molecule has 1 aromatic heterocycles. The van der Waals surface area contributed by atoms with Gasteiger partial charge in [-0.3, -0.25) is 0 Å². The highest BCUT2D eigenvalue weighted by atomic mass is 79.9. The summed E-state index contributed by atoms with van der Waals surface area (Å²) < 4.78 is 1.11. The first-order valence-electron chi connectivity index (χ1n) is 4.92. The van der Waals surface area contributed by atoms with Crippen molar-refractivity contribution in [1.82, 2.24) is 4.98 Å². The number of rotatable bonds is 1. The van der Waals surface area contributed by atoms with Crippen LogP contribution in [0.3, 0.4) is 0 Å². The first-order chi connectivity index (χ1) is 7.78. The van der Waals surface area contributed by atoms with Gasteiger partial charge in [-0.15, -0.1) is 11.3 Å². The Bertz CT molecular complexity index is 610. The summed E-state index contributed by atoms with van der Waals surface area (Å²) in [5, 5.41) is 9.58. The summed E-state index contributed by atoms with van der Waals surface area (Å²) in [6.45, 7) is 0. The lowest BCUT2D eigenvalue weighted by molar-refractivity contribution is 1.19. The van der Waals surface area contributed by atoms with Crippen LogP contribution in [-0.4, -0.2) is 4.98 Å². The molecule has 0 bridgehead atoms. The van der Waals surface area contributed by atoms with Crippen LogP contribution in [0, 0.1) is 11.3 Å². The summed E-state index contributed by atoms with van der Waals surface area (Å²) in [5.74, 6) is 0. The molecule has 0 N–H and O–H groups in total. The lowest BCUT2D eigenvalue weighted by Crippen LogP contribution is -1.83. The van der Waals surface area contributed by atoms with Crippen LogP contribution in [0.25, 0.3) is 11.3 Å². The van der Waals surface area contributed by atoms with Gasteiger partial charge in [-0.25, -0.2) is 4.98 Å². The highest BCUT2D eigenvalue weighted by molar-refractivity contribution is 9.10. The van der Waals surface area contributed by atoms with E-state index in [0.717, 1.165) is 21.6 Å². The summed E-state index contributed by atoms with van der Waals surface area (Å²) in [6, 6.07) is 8.43. The Morgan fingerprint density at radius 1 is 1.50 bits per heavy atom. The molecule has 0 atom stereocenters. The molecule has 0 saturated carbocycles. The molecule has 0 spiro atoms. The molecule has 0 fully saturated rings. The minimum Gasteiger partial charge on any atom is -0.240 e. The zero-order valence-electron chi connectivity index (χ0n) is 8.33. The fourth-order valence-corrected chi connectivity index (χ4v) is 3.43. The van der Waals surface area contributed by atoms with Gasteiger partial charge >= 0.3 is 0 Å². The number of nitrogens with zero attached hydrogens (tertiary/aromatic N) is 2. The van der Waals surface area contributed by atoms with Gasteiger partial charge in [0.1, 0.15) is 5.01 Å². The molecule has 78 valence electrons. The maximum Gasteiger partial charge on any atom is 0.108 e. The molecule has 1 heterocycles. The van der Waals surface area contributed by atoms with Crippen molar-refractivity contribution in [3.8, 4) is 17.3 Å². The summed E-state index contributed by atoms with van der Waals surface area (Å²) in [4.78, 5) is 5.82. The monoisotopic (exact) mass is 290 g/mol. The third kappa shape index (κ3) is 1.48.